The van der Waals surface area contributed by atoms with Gasteiger partial charge >= 0.3 is 0 Å². The minimum absolute atomic E-state index is 0.102. The van der Waals surface area contributed by atoms with Gasteiger partial charge in [-0.1, -0.05) is 12.1 Å². The van der Waals surface area contributed by atoms with Crippen molar-refractivity contribution in [3.63, 3.8) is 0 Å². The molecule has 28 heavy (non-hydrogen) atoms. The van der Waals surface area contributed by atoms with Crippen molar-refractivity contribution in [1.82, 2.24) is 23.1 Å². The second-order valence-corrected chi connectivity index (χ2v) is 9.02. The fraction of sp³-hybridized carbons (Fsp3) is 0.500. The van der Waals surface area contributed by atoms with Crippen LogP contribution in [0.4, 0.5) is 0 Å². The van der Waals surface area contributed by atoms with Gasteiger partial charge < -0.3 is 4.90 Å². The third-order valence-electron chi connectivity index (χ3n) is 5.35. The molecule has 2 saturated heterocycles. The van der Waals surface area contributed by atoms with Crippen LogP contribution in [0.3, 0.4) is 0 Å². The van der Waals surface area contributed by atoms with E-state index in [1.807, 2.05) is 0 Å². The van der Waals surface area contributed by atoms with Gasteiger partial charge in [0.1, 0.15) is 6.54 Å². The highest BCUT2D eigenvalue weighted by Crippen LogP contribution is 2.18. The zero-order chi connectivity index (χ0) is 19.7. The normalized spacial score (nSPS) is 19.4. The maximum absolute atomic E-state index is 12.6. The summed E-state index contributed by atoms with van der Waals surface area (Å²) in [7, 11) is -3.44. The highest BCUT2D eigenvalue weighted by atomic mass is 32.2. The molecule has 0 aliphatic carbocycles. The predicted octanol–water partition coefficient (Wildman–Crippen LogP) is -0.119. The first-order valence-corrected chi connectivity index (χ1v) is 10.8. The van der Waals surface area contributed by atoms with Gasteiger partial charge in [-0.2, -0.15) is 17.0 Å². The molecule has 0 spiro atoms. The number of rotatable bonds is 4. The number of hydrogen-bond acceptors (Lipinski definition) is 5. The summed E-state index contributed by atoms with van der Waals surface area (Å²) in [5.41, 5.74) is 0.339. The van der Waals surface area contributed by atoms with Crippen LogP contribution in [-0.4, -0.2) is 76.7 Å². The van der Waals surface area contributed by atoms with Crippen LogP contribution < -0.4 is 5.56 Å². The van der Waals surface area contributed by atoms with Gasteiger partial charge in [-0.15, -0.1) is 0 Å². The van der Waals surface area contributed by atoms with Gasteiger partial charge in [-0.05, 0) is 25.0 Å². The van der Waals surface area contributed by atoms with Crippen LogP contribution in [0.2, 0.25) is 0 Å². The van der Waals surface area contributed by atoms with Crippen LogP contribution >= 0.6 is 0 Å². The maximum Gasteiger partial charge on any atom is 0.282 e. The third-order valence-corrected chi connectivity index (χ3v) is 7.38. The molecular weight excluding hydrogens is 382 g/mol. The van der Waals surface area contributed by atoms with E-state index >= 15 is 0 Å². The van der Waals surface area contributed by atoms with E-state index in [1.54, 1.807) is 29.2 Å². The predicted molar refractivity (Wildman–Crippen MR) is 104 cm³/mol. The molecule has 1 aromatic heterocycles. The van der Waals surface area contributed by atoms with E-state index in [9.17, 15) is 18.0 Å². The third kappa shape index (κ3) is 3.54. The number of aromatic nitrogens is 2. The number of benzene rings is 1. The first-order valence-electron chi connectivity index (χ1n) is 9.44. The molecule has 0 unspecified atom stereocenters. The van der Waals surface area contributed by atoms with E-state index in [1.165, 1.54) is 19.5 Å². The average molecular weight is 405 g/mol. The van der Waals surface area contributed by atoms with Crippen LogP contribution in [0.5, 0.6) is 0 Å². The summed E-state index contributed by atoms with van der Waals surface area (Å²) in [5, 5.41) is 0.472. The summed E-state index contributed by atoms with van der Waals surface area (Å²) in [6.07, 6.45) is 3.18. The molecule has 0 saturated carbocycles. The molecular formula is C18H23N5O4S. The zero-order valence-electron chi connectivity index (χ0n) is 15.5. The number of carbonyl (C=O) groups is 1. The van der Waals surface area contributed by atoms with E-state index in [2.05, 4.69) is 4.98 Å². The Morgan fingerprint density at radius 2 is 1.61 bits per heavy atom. The van der Waals surface area contributed by atoms with Gasteiger partial charge in [0, 0.05) is 39.3 Å². The lowest BCUT2D eigenvalue weighted by Gasteiger charge is -2.35. The zero-order valence-corrected chi connectivity index (χ0v) is 16.3. The number of amides is 1. The van der Waals surface area contributed by atoms with Crippen LogP contribution in [-0.2, 0) is 21.5 Å². The minimum Gasteiger partial charge on any atom is -0.338 e. The molecule has 1 amide bonds. The molecule has 2 aromatic rings. The first kappa shape index (κ1) is 19.0. The van der Waals surface area contributed by atoms with Crippen LogP contribution in [0.15, 0.2) is 35.4 Å². The monoisotopic (exact) mass is 405 g/mol. The first-order chi connectivity index (χ1) is 13.5. The maximum atomic E-state index is 12.6. The van der Waals surface area contributed by atoms with Crippen LogP contribution in [0.25, 0.3) is 10.9 Å². The smallest absolute Gasteiger partial charge is 0.282 e. The fourth-order valence-corrected chi connectivity index (χ4v) is 5.39. The number of para-hydroxylation sites is 1. The average Bonchev–Trinajstić information content (AvgIpc) is 3.26. The van der Waals surface area contributed by atoms with E-state index in [-0.39, 0.29) is 31.1 Å². The number of nitrogens with zero attached hydrogens (tertiary/aromatic N) is 5. The molecule has 0 bridgehead atoms. The number of hydrogen-bond donors (Lipinski definition) is 0. The van der Waals surface area contributed by atoms with Crippen LogP contribution in [0, 0.1) is 0 Å². The van der Waals surface area contributed by atoms with Gasteiger partial charge in [-0.25, -0.2) is 4.98 Å². The molecule has 0 N–H and O–H groups in total. The summed E-state index contributed by atoms with van der Waals surface area (Å²) < 4.78 is 29.5. The molecule has 10 heteroatoms. The molecule has 2 fully saturated rings. The molecule has 3 heterocycles. The van der Waals surface area contributed by atoms with Crippen molar-refractivity contribution in [2.24, 2.45) is 0 Å². The summed E-state index contributed by atoms with van der Waals surface area (Å²) in [5.74, 6) is -0.211. The lowest BCUT2D eigenvalue weighted by Crippen LogP contribution is -2.54. The summed E-state index contributed by atoms with van der Waals surface area (Å²) in [6, 6.07) is 7.01. The molecule has 1 aromatic carbocycles. The Morgan fingerprint density at radius 3 is 2.32 bits per heavy atom. The van der Waals surface area contributed by atoms with Crippen molar-refractivity contribution < 1.29 is 13.2 Å². The summed E-state index contributed by atoms with van der Waals surface area (Å²) in [4.78, 5) is 31.0. The molecule has 4 rings (SSSR count). The van der Waals surface area contributed by atoms with Gasteiger partial charge in [0.05, 0.1) is 17.2 Å². The fourth-order valence-electron chi connectivity index (χ4n) is 3.71. The number of fused-ring (bicyclic) bond motifs is 1. The Morgan fingerprint density at radius 1 is 0.964 bits per heavy atom. The number of carbonyl (C=O) groups excluding carboxylic acids is 1. The van der Waals surface area contributed by atoms with E-state index in [0.29, 0.717) is 37.1 Å². The van der Waals surface area contributed by atoms with Gasteiger partial charge in [0.2, 0.25) is 5.91 Å². The standard InChI is InChI=1S/C18H23N5O4S/c24-17(13-21-14-19-16-6-2-1-5-15(16)18(21)25)20-9-11-23(12-10-20)28(26,27)22-7-3-4-8-22/h1-2,5-6,14H,3-4,7-13H2. The largest absolute Gasteiger partial charge is 0.338 e. The van der Waals surface area contributed by atoms with Crippen LogP contribution in [0.1, 0.15) is 12.8 Å². The highest BCUT2D eigenvalue weighted by Gasteiger charge is 2.34. The molecule has 2 aliphatic heterocycles. The van der Waals surface area contributed by atoms with Crippen molar-refractivity contribution in [2.45, 2.75) is 19.4 Å². The van der Waals surface area contributed by atoms with Gasteiger partial charge in [0.25, 0.3) is 15.8 Å². The second-order valence-electron chi connectivity index (χ2n) is 7.09. The second kappa shape index (κ2) is 7.61. The van der Waals surface area contributed by atoms with E-state index in [0.717, 1.165) is 12.8 Å². The lowest BCUT2D eigenvalue weighted by atomic mass is 10.2. The molecule has 2 aliphatic rings. The van der Waals surface area contributed by atoms with E-state index in [4.69, 9.17) is 0 Å². The van der Waals surface area contributed by atoms with Crippen molar-refractivity contribution in [2.75, 3.05) is 39.3 Å². The highest BCUT2D eigenvalue weighted by molar-refractivity contribution is 7.86. The van der Waals surface area contributed by atoms with Crippen molar-refractivity contribution in [3.05, 3.63) is 40.9 Å². The van der Waals surface area contributed by atoms with Gasteiger partial charge in [-0.3, -0.25) is 14.2 Å². The Labute approximate surface area is 163 Å². The topological polar surface area (TPSA) is 95.8 Å². The molecule has 150 valence electrons. The molecule has 9 nitrogen and oxygen atoms in total. The quantitative estimate of drug-likeness (QED) is 0.707. The molecule has 0 radical (unpaired) electrons. The number of piperazine rings is 1. The lowest BCUT2D eigenvalue weighted by molar-refractivity contribution is -0.133. The SMILES string of the molecule is O=C(Cn1cnc2ccccc2c1=O)N1CCN(S(=O)(=O)N2CCCC2)CC1. The van der Waals surface area contributed by atoms with Gasteiger partial charge in [0.15, 0.2) is 0 Å². The minimum atomic E-state index is -3.44. The van der Waals surface area contributed by atoms with Crippen molar-refractivity contribution in [3.8, 4) is 0 Å². The van der Waals surface area contributed by atoms with E-state index < -0.39 is 10.2 Å². The summed E-state index contributed by atoms with van der Waals surface area (Å²) >= 11 is 0. The molecule has 0 atom stereocenters. The Bertz CT molecular complexity index is 1040. The van der Waals surface area contributed by atoms with Crippen molar-refractivity contribution >= 4 is 27.0 Å². The van der Waals surface area contributed by atoms with Crippen molar-refractivity contribution in [1.29, 1.82) is 0 Å². The summed E-state index contributed by atoms with van der Waals surface area (Å²) in [6.45, 7) is 2.22. The Balaban J connectivity index is 1.41. The Kier molecular flexibility index (Phi) is 5.17. The Hall–Kier alpha value is -2.30.